The molecule has 0 saturated carbocycles. The number of carbonyl (C=O) groups excluding carboxylic acids is 2. The second-order valence-corrected chi connectivity index (χ2v) is 25.4. The van der Waals surface area contributed by atoms with E-state index in [0.29, 0.717) is 99.5 Å². The third kappa shape index (κ3) is 33.0. The molecule has 2 amide bonds. The second kappa shape index (κ2) is 47.2. The lowest BCUT2D eigenvalue weighted by Gasteiger charge is -2.31. The Hall–Kier alpha value is -6.76. The van der Waals surface area contributed by atoms with Crippen LogP contribution in [0.1, 0.15) is 142 Å². The van der Waals surface area contributed by atoms with Crippen LogP contribution in [0.25, 0.3) is 0 Å². The van der Waals surface area contributed by atoms with Crippen LogP contribution >= 0.6 is 0 Å². The molecule has 540 valence electrons. The minimum atomic E-state index is -1.26. The Balaban J connectivity index is 0.000000585. The highest BCUT2D eigenvalue weighted by Crippen LogP contribution is 2.34. The highest BCUT2D eigenvalue weighted by Gasteiger charge is 2.33. The Bertz CT molecular complexity index is 2660. The first-order valence-electron chi connectivity index (χ1n) is 33.5. The van der Waals surface area contributed by atoms with Crippen LogP contribution < -0.4 is 41.0 Å². The van der Waals surface area contributed by atoms with E-state index in [1.165, 1.54) is 24.3 Å². The first kappa shape index (κ1) is 85.3. The number of aliphatic hydroxyl groups is 2. The highest BCUT2D eigenvalue weighted by atomic mass is 19.1. The van der Waals surface area contributed by atoms with Crippen LogP contribution in [0, 0.1) is 59.0 Å². The van der Waals surface area contributed by atoms with Gasteiger partial charge in [0.1, 0.15) is 11.6 Å². The second-order valence-electron chi connectivity index (χ2n) is 25.4. The standard InChI is InChI=1S/2C35H55FN2O6.C4H4O4/c2*1-8-43-22-31(26-11-13-28(36)14-12-26)38-35(40)29(24(4)5)21-32(39)30(37)20-27(23(2)3)18-25-10-15-33(42-7)34(19-25)44-17-9-16-41-6;5-3(6)1-2-4(7)8/h2*10-15,19,23-24,27,29-32,39H,8-9,16-18,20-22,37H2,1-7H3,(H,38,40);1-2H,(H,5,6)(H,7,8)/b;;2-1+/t2*27-,29-,30-,31+,32-;/m00./s1. The quantitative estimate of drug-likeness (QED) is 0.0151. The topological polar surface area (TPSA) is 299 Å². The van der Waals surface area contributed by atoms with Crippen molar-refractivity contribution in [2.75, 3.05) is 81.3 Å². The molecule has 22 heteroatoms. The van der Waals surface area contributed by atoms with Crippen molar-refractivity contribution in [1.82, 2.24) is 10.6 Å². The van der Waals surface area contributed by atoms with Crippen molar-refractivity contribution in [3.63, 3.8) is 0 Å². The number of aliphatic hydroxyl groups excluding tert-OH is 2. The van der Waals surface area contributed by atoms with Gasteiger partial charge in [-0.25, -0.2) is 18.4 Å². The summed E-state index contributed by atoms with van der Waals surface area (Å²) < 4.78 is 71.4. The van der Waals surface area contributed by atoms with E-state index in [9.17, 15) is 38.2 Å². The highest BCUT2D eigenvalue weighted by molar-refractivity contribution is 5.89. The molecule has 4 aromatic carbocycles. The van der Waals surface area contributed by atoms with E-state index in [1.54, 1.807) is 52.7 Å². The van der Waals surface area contributed by atoms with E-state index in [2.05, 4.69) is 38.3 Å². The summed E-state index contributed by atoms with van der Waals surface area (Å²) in [7, 11) is 6.59. The smallest absolute Gasteiger partial charge is 0.328 e. The van der Waals surface area contributed by atoms with Crippen molar-refractivity contribution in [3.8, 4) is 23.0 Å². The molecule has 0 radical (unpaired) electrons. The van der Waals surface area contributed by atoms with Crippen LogP contribution in [-0.2, 0) is 51.0 Å². The molecule has 0 unspecified atom stereocenters. The lowest BCUT2D eigenvalue weighted by molar-refractivity contribution is -0.134. The van der Waals surface area contributed by atoms with Gasteiger partial charge in [0.15, 0.2) is 23.0 Å². The van der Waals surface area contributed by atoms with Gasteiger partial charge in [0.25, 0.3) is 0 Å². The number of hydrogen-bond acceptors (Lipinski definition) is 16. The average Bonchev–Trinajstić information content (AvgIpc) is 0.902. The molecule has 0 fully saturated rings. The molecular weight excluding hydrogens is 1240 g/mol. The molecule has 0 aliphatic carbocycles. The molecule has 0 aliphatic heterocycles. The molecule has 0 aromatic heterocycles. The maximum Gasteiger partial charge on any atom is 0.328 e. The zero-order valence-electron chi connectivity index (χ0n) is 59.2. The molecular formula is C74H114F2N4O16. The molecule has 0 heterocycles. The number of carbonyl (C=O) groups is 4. The Morgan fingerprint density at radius 1 is 0.490 bits per heavy atom. The summed E-state index contributed by atoms with van der Waals surface area (Å²) in [5.41, 5.74) is 16.9. The number of nitrogens with two attached hydrogens (primary N) is 2. The number of ether oxygens (including phenoxy) is 8. The zero-order chi connectivity index (χ0) is 71.9. The number of rotatable bonds is 44. The molecule has 0 bridgehead atoms. The monoisotopic (exact) mass is 1350 g/mol. The third-order valence-electron chi connectivity index (χ3n) is 16.8. The van der Waals surface area contributed by atoms with E-state index in [4.69, 9.17) is 59.6 Å². The summed E-state index contributed by atoms with van der Waals surface area (Å²) in [6.07, 6.45) is 4.16. The van der Waals surface area contributed by atoms with Gasteiger partial charge in [-0.1, -0.05) is 91.8 Å². The van der Waals surface area contributed by atoms with Gasteiger partial charge < -0.3 is 80.4 Å². The van der Waals surface area contributed by atoms with Gasteiger partial charge in [-0.2, -0.15) is 0 Å². The van der Waals surface area contributed by atoms with Gasteiger partial charge >= 0.3 is 11.9 Å². The Morgan fingerprint density at radius 3 is 1.11 bits per heavy atom. The van der Waals surface area contributed by atoms with Crippen LogP contribution in [-0.4, -0.2) is 150 Å². The van der Waals surface area contributed by atoms with Crippen molar-refractivity contribution in [1.29, 1.82) is 0 Å². The van der Waals surface area contributed by atoms with Crippen molar-refractivity contribution >= 4 is 23.8 Å². The molecule has 0 saturated heterocycles. The number of carboxylic acid groups (broad SMARTS) is 2. The lowest BCUT2D eigenvalue weighted by Crippen LogP contribution is -2.44. The van der Waals surface area contributed by atoms with E-state index >= 15 is 0 Å². The molecule has 96 heavy (non-hydrogen) atoms. The summed E-state index contributed by atoms with van der Waals surface area (Å²) in [5.74, 6) is -0.739. The largest absolute Gasteiger partial charge is 0.493 e. The maximum absolute atomic E-state index is 13.5. The van der Waals surface area contributed by atoms with Gasteiger partial charge in [0, 0.05) is 89.6 Å². The van der Waals surface area contributed by atoms with Crippen LogP contribution in [0.2, 0.25) is 0 Å². The molecule has 10 atom stereocenters. The Kier molecular flexibility index (Phi) is 42.0. The number of nitrogens with one attached hydrogen (secondary N) is 2. The van der Waals surface area contributed by atoms with Crippen LogP contribution in [0.5, 0.6) is 23.0 Å². The SMILES string of the molecule is CCOC[C@@H](NC(=O)[C@@H](C[C@H](O)[C@@H](N)C[C@H](Cc1ccc(OC)c(OCCCOC)c1)C(C)C)C(C)C)c1ccc(F)cc1.CCOC[C@@H](NC(=O)[C@@H](C[C@H](O)[C@@H](N)C[C@H](Cc1ccc(OC)c(OCCCOC)c1)C(C)C)C(C)C)c1ccc(F)cc1.O=C(O)/C=C/C(=O)O. The number of methoxy groups -OCH3 is 4. The van der Waals surface area contributed by atoms with Gasteiger partial charge in [0.2, 0.25) is 11.8 Å². The van der Waals surface area contributed by atoms with E-state index in [0.717, 1.165) is 47.9 Å². The molecule has 0 aliphatic rings. The summed E-state index contributed by atoms with van der Waals surface area (Å²) >= 11 is 0. The molecule has 4 rings (SSSR count). The average molecular weight is 1350 g/mol. The zero-order valence-corrected chi connectivity index (χ0v) is 59.2. The summed E-state index contributed by atoms with van der Waals surface area (Å²) in [6.45, 7) is 24.1. The molecule has 10 N–H and O–H groups in total. The molecule has 4 aromatic rings. The van der Waals surface area contributed by atoms with Crippen LogP contribution in [0.15, 0.2) is 97.1 Å². The van der Waals surface area contributed by atoms with Crippen molar-refractivity contribution in [2.24, 2.45) is 58.8 Å². The van der Waals surface area contributed by atoms with E-state index in [-0.39, 0.29) is 73.2 Å². The fourth-order valence-corrected chi connectivity index (χ4v) is 10.7. The minimum Gasteiger partial charge on any atom is -0.493 e. The first-order chi connectivity index (χ1) is 45.6. The van der Waals surface area contributed by atoms with Gasteiger partial charge in [-0.3, -0.25) is 9.59 Å². The van der Waals surface area contributed by atoms with Gasteiger partial charge in [0.05, 0.1) is 64.9 Å². The van der Waals surface area contributed by atoms with E-state index < -0.39 is 60.1 Å². The lowest BCUT2D eigenvalue weighted by atomic mass is 9.80. The number of carboxylic acids is 2. The maximum atomic E-state index is 13.5. The predicted octanol–water partition coefficient (Wildman–Crippen LogP) is 11.1. The molecule has 0 spiro atoms. The Labute approximate surface area is 569 Å². The third-order valence-corrected chi connectivity index (χ3v) is 16.8. The van der Waals surface area contributed by atoms with Crippen molar-refractivity contribution < 1.29 is 86.3 Å². The number of benzene rings is 4. The van der Waals surface area contributed by atoms with Gasteiger partial charge in [-0.15, -0.1) is 0 Å². The number of amides is 2. The van der Waals surface area contributed by atoms with Crippen LogP contribution in [0.3, 0.4) is 0 Å². The summed E-state index contributed by atoms with van der Waals surface area (Å²) in [5, 5.41) is 44.3. The normalized spacial score (nSPS) is 14.6. The number of aliphatic carboxylic acids is 2. The molecule has 20 nitrogen and oxygen atoms in total. The fourth-order valence-electron chi connectivity index (χ4n) is 10.7. The number of halogens is 2. The summed E-state index contributed by atoms with van der Waals surface area (Å²) in [4.78, 5) is 46.1. The number of hydrogen-bond donors (Lipinski definition) is 8. The van der Waals surface area contributed by atoms with Gasteiger partial charge in [-0.05, 0) is 159 Å². The summed E-state index contributed by atoms with van der Waals surface area (Å²) in [6, 6.07) is 22.2. The van der Waals surface area contributed by atoms with Crippen LogP contribution in [0.4, 0.5) is 8.78 Å². The van der Waals surface area contributed by atoms with Crippen molar-refractivity contribution in [2.45, 2.75) is 157 Å². The van der Waals surface area contributed by atoms with Crippen molar-refractivity contribution in [3.05, 3.63) is 131 Å². The Morgan fingerprint density at radius 2 is 0.833 bits per heavy atom. The predicted molar refractivity (Wildman–Crippen MR) is 369 cm³/mol. The van der Waals surface area contributed by atoms with E-state index in [1.807, 2.05) is 77.9 Å². The fraction of sp³-hybridized carbons (Fsp3) is 0.595. The minimum absolute atomic E-state index is 0.0275. The first-order valence-corrected chi connectivity index (χ1v) is 33.5.